The number of carbonyl (C=O) groups is 2. The lowest BCUT2D eigenvalue weighted by Gasteiger charge is -2.32. The number of aryl methyl sites for hydroxylation is 1. The standard InChI is InChI=1S/C25H23F3N4O3.C8H16N2O/c1-14(13-35-18-5-3-4-17(10-18)25(26,27)28)11-30-19-6-7-29-24(34)22(19)23-31-20-8-15(2)16(12-33)9-21(20)32-23;1-9-5-3-8(4-6-9)10(2)7-11/h3-10,12,14H,11,13H2,1-2H3,(H,31,32)(H2,29,30,34);7-8H,3-6H2,1-2H3. The van der Waals surface area contributed by atoms with E-state index >= 15 is 0 Å². The molecule has 0 saturated carbocycles. The van der Waals surface area contributed by atoms with Gasteiger partial charge in [-0.2, -0.15) is 13.2 Å². The number of rotatable bonds is 10. The maximum Gasteiger partial charge on any atom is 0.416 e. The minimum atomic E-state index is -4.44. The van der Waals surface area contributed by atoms with Crippen molar-refractivity contribution in [3.8, 4) is 17.1 Å². The monoisotopic (exact) mass is 640 g/mol. The summed E-state index contributed by atoms with van der Waals surface area (Å²) in [5, 5.41) is 3.21. The molecule has 3 heterocycles. The van der Waals surface area contributed by atoms with Crippen molar-refractivity contribution in [1.82, 2.24) is 24.8 Å². The highest BCUT2D eigenvalue weighted by Gasteiger charge is 2.30. The van der Waals surface area contributed by atoms with Crippen LogP contribution in [0.3, 0.4) is 0 Å². The van der Waals surface area contributed by atoms with E-state index < -0.39 is 11.7 Å². The zero-order chi connectivity index (χ0) is 33.4. The van der Waals surface area contributed by atoms with Crippen LogP contribution in [-0.2, 0) is 11.0 Å². The number of likely N-dealkylation sites (tertiary alicyclic amines) is 1. The number of benzene rings is 2. The van der Waals surface area contributed by atoms with Crippen LogP contribution in [0.2, 0.25) is 0 Å². The van der Waals surface area contributed by atoms with E-state index in [9.17, 15) is 27.6 Å². The number of hydrogen-bond acceptors (Lipinski definition) is 7. The number of nitrogens with one attached hydrogen (secondary N) is 3. The molecule has 4 aromatic rings. The van der Waals surface area contributed by atoms with Gasteiger partial charge >= 0.3 is 6.18 Å². The maximum atomic E-state index is 12.9. The number of nitrogens with zero attached hydrogens (tertiary/aromatic N) is 3. The summed E-state index contributed by atoms with van der Waals surface area (Å²) in [7, 11) is 3.99. The zero-order valence-corrected chi connectivity index (χ0v) is 26.3. The molecular weight excluding hydrogens is 601 g/mol. The Morgan fingerprint density at radius 3 is 2.59 bits per heavy atom. The summed E-state index contributed by atoms with van der Waals surface area (Å²) in [6.45, 7) is 6.48. The van der Waals surface area contributed by atoms with E-state index in [1.807, 2.05) is 20.9 Å². The molecule has 13 heteroatoms. The quantitative estimate of drug-likeness (QED) is 0.200. The molecule has 46 heavy (non-hydrogen) atoms. The molecular formula is C33H39F3N6O4. The third-order valence-electron chi connectivity index (χ3n) is 7.96. The number of aromatic amines is 2. The second-order valence-corrected chi connectivity index (χ2v) is 11.7. The first-order valence-corrected chi connectivity index (χ1v) is 15.0. The molecule has 1 aliphatic rings. The minimum Gasteiger partial charge on any atom is -0.493 e. The van der Waals surface area contributed by atoms with E-state index in [0.29, 0.717) is 46.3 Å². The van der Waals surface area contributed by atoms with Gasteiger partial charge < -0.3 is 29.8 Å². The first-order chi connectivity index (χ1) is 21.9. The highest BCUT2D eigenvalue weighted by molar-refractivity contribution is 5.89. The van der Waals surface area contributed by atoms with Gasteiger partial charge in [-0.3, -0.25) is 14.4 Å². The minimum absolute atomic E-state index is 0.0925. The summed E-state index contributed by atoms with van der Waals surface area (Å²) >= 11 is 0. The topological polar surface area (TPSA) is 123 Å². The molecule has 246 valence electrons. The number of piperidine rings is 1. The number of imidazole rings is 1. The lowest BCUT2D eigenvalue weighted by Crippen LogP contribution is -2.41. The van der Waals surface area contributed by atoms with E-state index in [4.69, 9.17) is 4.74 Å². The van der Waals surface area contributed by atoms with Gasteiger partial charge in [0.1, 0.15) is 23.4 Å². The van der Waals surface area contributed by atoms with Crippen molar-refractivity contribution in [2.24, 2.45) is 5.92 Å². The summed E-state index contributed by atoms with van der Waals surface area (Å²) in [4.78, 5) is 48.6. The number of ether oxygens (including phenoxy) is 1. The molecule has 0 aliphatic carbocycles. The maximum absolute atomic E-state index is 12.9. The first kappa shape index (κ1) is 34.2. The Hall–Kier alpha value is -4.65. The Morgan fingerprint density at radius 1 is 1.17 bits per heavy atom. The van der Waals surface area contributed by atoms with E-state index in [-0.39, 0.29) is 23.8 Å². The van der Waals surface area contributed by atoms with Gasteiger partial charge in [0.15, 0.2) is 0 Å². The number of pyridine rings is 1. The molecule has 1 atom stereocenters. The molecule has 1 fully saturated rings. The molecule has 0 bridgehead atoms. The lowest BCUT2D eigenvalue weighted by atomic mass is 10.1. The predicted molar refractivity (Wildman–Crippen MR) is 171 cm³/mol. The summed E-state index contributed by atoms with van der Waals surface area (Å²) < 4.78 is 44.2. The molecule has 10 nitrogen and oxygen atoms in total. The predicted octanol–water partition coefficient (Wildman–Crippen LogP) is 5.35. The van der Waals surface area contributed by atoms with Gasteiger partial charge in [0, 0.05) is 37.3 Å². The molecule has 5 rings (SSSR count). The number of hydrogen-bond donors (Lipinski definition) is 3. The number of amides is 1. The van der Waals surface area contributed by atoms with Crippen LogP contribution < -0.4 is 15.6 Å². The molecule has 1 aliphatic heterocycles. The number of anilines is 1. The van der Waals surface area contributed by atoms with Crippen molar-refractivity contribution in [3.63, 3.8) is 0 Å². The van der Waals surface area contributed by atoms with Crippen LogP contribution in [0.4, 0.5) is 18.9 Å². The zero-order valence-electron chi connectivity index (χ0n) is 26.3. The molecule has 2 aromatic heterocycles. The van der Waals surface area contributed by atoms with Gasteiger partial charge in [0.05, 0.1) is 28.9 Å². The number of carbonyl (C=O) groups excluding carboxylic acids is 2. The van der Waals surface area contributed by atoms with Crippen LogP contribution in [-0.4, -0.2) is 83.8 Å². The van der Waals surface area contributed by atoms with Crippen LogP contribution >= 0.6 is 0 Å². The van der Waals surface area contributed by atoms with Crippen molar-refractivity contribution >= 4 is 29.4 Å². The normalized spacial score (nSPS) is 14.7. The average Bonchev–Trinajstić information content (AvgIpc) is 3.44. The number of fused-ring (bicyclic) bond motifs is 1. The van der Waals surface area contributed by atoms with Crippen molar-refractivity contribution in [2.75, 3.05) is 45.7 Å². The summed E-state index contributed by atoms with van der Waals surface area (Å²) in [6.07, 6.45) is 0.991. The molecule has 0 spiro atoms. The number of aromatic nitrogens is 3. The van der Waals surface area contributed by atoms with Gasteiger partial charge in [-0.15, -0.1) is 0 Å². The molecule has 0 radical (unpaired) electrons. The van der Waals surface area contributed by atoms with E-state index in [1.165, 1.54) is 18.3 Å². The van der Waals surface area contributed by atoms with Gasteiger partial charge in [-0.1, -0.05) is 13.0 Å². The Balaban J connectivity index is 0.000000369. The van der Waals surface area contributed by atoms with Crippen LogP contribution in [0.1, 0.15) is 41.3 Å². The fourth-order valence-electron chi connectivity index (χ4n) is 5.12. The van der Waals surface area contributed by atoms with Gasteiger partial charge in [0.25, 0.3) is 5.56 Å². The highest BCUT2D eigenvalue weighted by atomic mass is 19.4. The fourth-order valence-corrected chi connectivity index (χ4v) is 5.12. The van der Waals surface area contributed by atoms with E-state index in [0.717, 1.165) is 56.3 Å². The highest BCUT2D eigenvalue weighted by Crippen LogP contribution is 2.31. The largest absolute Gasteiger partial charge is 0.493 e. The second kappa shape index (κ2) is 15.1. The van der Waals surface area contributed by atoms with Crippen LogP contribution in [0, 0.1) is 12.8 Å². The second-order valence-electron chi connectivity index (χ2n) is 11.7. The smallest absolute Gasteiger partial charge is 0.416 e. The third kappa shape index (κ3) is 8.75. The molecule has 1 amide bonds. The van der Waals surface area contributed by atoms with E-state index in [1.54, 1.807) is 23.1 Å². The summed E-state index contributed by atoms with van der Waals surface area (Å²) in [5.41, 5.74) is 2.28. The first-order valence-electron chi connectivity index (χ1n) is 15.0. The summed E-state index contributed by atoms with van der Waals surface area (Å²) in [6, 6.07) is 10.4. The van der Waals surface area contributed by atoms with Crippen molar-refractivity contribution in [1.29, 1.82) is 0 Å². The Morgan fingerprint density at radius 2 is 1.91 bits per heavy atom. The number of alkyl halides is 3. The van der Waals surface area contributed by atoms with Crippen molar-refractivity contribution in [3.05, 3.63) is 75.7 Å². The number of halogens is 3. The molecule has 3 N–H and O–H groups in total. The SMILES string of the molecule is CN1CCC(N(C)C=O)CC1.Cc1cc2[nH]c(-c3c(NCC(C)COc4cccc(C(F)(F)F)c4)cc[nH]c3=O)nc2cc1C=O. The van der Waals surface area contributed by atoms with E-state index in [2.05, 4.69) is 32.2 Å². The van der Waals surface area contributed by atoms with Crippen LogP contribution in [0.15, 0.2) is 53.5 Å². The fraction of sp³-hybridized carbons (Fsp3) is 0.394. The molecule has 1 saturated heterocycles. The average molecular weight is 641 g/mol. The Labute approximate surface area is 265 Å². The van der Waals surface area contributed by atoms with Crippen LogP contribution in [0.5, 0.6) is 5.75 Å². The molecule has 1 unspecified atom stereocenters. The Kier molecular flexibility index (Phi) is 11.2. The Bertz CT molecular complexity index is 1690. The van der Waals surface area contributed by atoms with Gasteiger partial charge in [-0.25, -0.2) is 4.98 Å². The van der Waals surface area contributed by atoms with Crippen molar-refractivity contribution in [2.45, 2.75) is 38.9 Å². The van der Waals surface area contributed by atoms with Gasteiger partial charge in [-0.05, 0) is 81.9 Å². The number of aldehydes is 1. The third-order valence-corrected chi connectivity index (χ3v) is 7.96. The molecule has 2 aromatic carbocycles. The summed E-state index contributed by atoms with van der Waals surface area (Å²) in [5.74, 6) is 0.389. The number of H-pyrrole nitrogens is 2. The van der Waals surface area contributed by atoms with Gasteiger partial charge in [0.2, 0.25) is 6.41 Å². The van der Waals surface area contributed by atoms with Crippen LogP contribution in [0.25, 0.3) is 22.4 Å². The van der Waals surface area contributed by atoms with Crippen molar-refractivity contribution < 1.29 is 27.5 Å². The lowest BCUT2D eigenvalue weighted by molar-refractivity contribution is -0.137.